The second kappa shape index (κ2) is 6.90. The summed E-state index contributed by atoms with van der Waals surface area (Å²) in [4.78, 5) is 11.8. The number of rotatable bonds is 5. The molecule has 1 aromatic carbocycles. The predicted molar refractivity (Wildman–Crippen MR) is 109 cm³/mol. The van der Waals surface area contributed by atoms with E-state index in [0.717, 1.165) is 24.0 Å². The van der Waals surface area contributed by atoms with Gasteiger partial charge >= 0.3 is 5.97 Å². The van der Waals surface area contributed by atoms with Crippen LogP contribution in [-0.2, 0) is 10.8 Å². The number of phenols is 1. The first-order valence-corrected chi connectivity index (χ1v) is 9.47. The third-order valence-corrected chi connectivity index (χ3v) is 4.76. The molecule has 148 valence electrons. The van der Waals surface area contributed by atoms with Crippen molar-refractivity contribution in [3.8, 4) is 5.75 Å². The van der Waals surface area contributed by atoms with Crippen LogP contribution in [0.3, 0.4) is 0 Å². The van der Waals surface area contributed by atoms with Crippen molar-refractivity contribution < 1.29 is 15.0 Å². The fraction of sp³-hybridized carbons (Fsp3) is 0.696. The van der Waals surface area contributed by atoms with Crippen molar-refractivity contribution >= 4 is 5.97 Å². The maximum Gasteiger partial charge on any atom is 0.335 e. The van der Waals surface area contributed by atoms with E-state index < -0.39 is 5.97 Å². The topological polar surface area (TPSA) is 57.5 Å². The Morgan fingerprint density at radius 1 is 0.769 bits per heavy atom. The van der Waals surface area contributed by atoms with Crippen molar-refractivity contribution in [2.75, 3.05) is 0 Å². The minimum absolute atomic E-state index is 0.0657. The van der Waals surface area contributed by atoms with Crippen LogP contribution in [-0.4, -0.2) is 16.2 Å². The number of carbonyl (C=O) groups is 1. The number of carboxylic acids is 1. The van der Waals surface area contributed by atoms with E-state index in [4.69, 9.17) is 0 Å². The molecule has 2 N–H and O–H groups in total. The van der Waals surface area contributed by atoms with Gasteiger partial charge in [0.1, 0.15) is 5.75 Å². The first-order valence-electron chi connectivity index (χ1n) is 9.47. The van der Waals surface area contributed by atoms with Gasteiger partial charge in [-0.25, -0.2) is 4.79 Å². The quantitative estimate of drug-likeness (QED) is 0.627. The fourth-order valence-corrected chi connectivity index (χ4v) is 4.63. The number of hydrogen-bond donors (Lipinski definition) is 2. The van der Waals surface area contributed by atoms with Gasteiger partial charge in [-0.15, -0.1) is 0 Å². The maximum atomic E-state index is 11.8. The van der Waals surface area contributed by atoms with Crippen LogP contribution in [0.4, 0.5) is 0 Å². The Morgan fingerprint density at radius 2 is 1.08 bits per heavy atom. The zero-order chi connectivity index (χ0) is 20.7. The van der Waals surface area contributed by atoms with E-state index in [0.29, 0.717) is 0 Å². The van der Waals surface area contributed by atoms with Crippen LogP contribution in [0, 0.1) is 10.8 Å². The lowest BCUT2D eigenvalue weighted by atomic mass is 9.68. The van der Waals surface area contributed by atoms with Gasteiger partial charge < -0.3 is 10.2 Å². The van der Waals surface area contributed by atoms with Crippen LogP contribution in [0.1, 0.15) is 104 Å². The van der Waals surface area contributed by atoms with Gasteiger partial charge in [0.25, 0.3) is 0 Å². The highest BCUT2D eigenvalue weighted by Gasteiger charge is 2.36. The van der Waals surface area contributed by atoms with Crippen molar-refractivity contribution in [1.29, 1.82) is 0 Å². The average Bonchev–Trinajstić information content (AvgIpc) is 2.31. The minimum Gasteiger partial charge on any atom is -0.507 e. The van der Waals surface area contributed by atoms with Gasteiger partial charge in [0.15, 0.2) is 0 Å². The van der Waals surface area contributed by atoms with Crippen LogP contribution in [0.15, 0.2) is 12.1 Å². The maximum absolute atomic E-state index is 11.8. The lowest BCUT2D eigenvalue weighted by Crippen LogP contribution is -2.28. The number of aromatic carboxylic acids is 1. The Morgan fingerprint density at radius 3 is 1.31 bits per heavy atom. The van der Waals surface area contributed by atoms with E-state index in [1.54, 1.807) is 12.1 Å². The van der Waals surface area contributed by atoms with E-state index in [-0.39, 0.29) is 33.0 Å². The van der Waals surface area contributed by atoms with Gasteiger partial charge in [0.2, 0.25) is 0 Å². The fourth-order valence-electron chi connectivity index (χ4n) is 4.63. The summed E-state index contributed by atoms with van der Waals surface area (Å²) in [6.07, 6.45) is 1.69. The second-order valence-corrected chi connectivity index (χ2v) is 11.5. The van der Waals surface area contributed by atoms with Crippen LogP contribution < -0.4 is 0 Å². The first-order chi connectivity index (χ1) is 11.4. The van der Waals surface area contributed by atoms with E-state index in [1.807, 2.05) is 0 Å². The van der Waals surface area contributed by atoms with Gasteiger partial charge in [-0.2, -0.15) is 0 Å². The Hall–Kier alpha value is -1.51. The molecule has 0 aromatic heterocycles. The molecule has 0 amide bonds. The zero-order valence-electron chi connectivity index (χ0n) is 18.4. The molecule has 0 aliphatic rings. The molecule has 0 unspecified atom stereocenters. The molecule has 0 bridgehead atoms. The molecule has 0 spiro atoms. The molecule has 0 fully saturated rings. The minimum atomic E-state index is -0.953. The zero-order valence-corrected chi connectivity index (χ0v) is 18.4. The van der Waals surface area contributed by atoms with Crippen molar-refractivity contribution in [3.63, 3.8) is 0 Å². The van der Waals surface area contributed by atoms with E-state index in [2.05, 4.69) is 69.2 Å². The SMILES string of the molecule is CC(C)(C)CC(C)(C)c1cc(C(=O)O)cc(C(C)(C)CC(C)(C)C)c1O. The van der Waals surface area contributed by atoms with Crippen LogP contribution in [0.5, 0.6) is 5.75 Å². The van der Waals surface area contributed by atoms with Gasteiger partial charge in [-0.05, 0) is 46.6 Å². The molecule has 0 atom stereocenters. The highest BCUT2D eigenvalue weighted by atomic mass is 16.4. The monoisotopic (exact) mass is 362 g/mol. The smallest absolute Gasteiger partial charge is 0.335 e. The highest BCUT2D eigenvalue weighted by molar-refractivity contribution is 5.88. The molecule has 0 radical (unpaired) electrons. The lowest BCUT2D eigenvalue weighted by Gasteiger charge is -2.37. The van der Waals surface area contributed by atoms with E-state index in [1.165, 1.54) is 0 Å². The van der Waals surface area contributed by atoms with Crippen molar-refractivity contribution in [2.45, 2.75) is 92.9 Å². The standard InChI is InChI=1S/C23H38O3/c1-20(2,3)13-22(7,8)16-11-15(19(25)26)12-17(18(16)24)23(9,10)14-21(4,5)6/h11-12,24H,13-14H2,1-10H3,(H,25,26). The van der Waals surface area contributed by atoms with Gasteiger partial charge in [-0.1, -0.05) is 69.2 Å². The first kappa shape index (κ1) is 22.5. The van der Waals surface area contributed by atoms with Gasteiger partial charge in [0.05, 0.1) is 5.56 Å². The number of hydrogen-bond acceptors (Lipinski definition) is 2. The summed E-state index contributed by atoms with van der Waals surface area (Å²) in [6.45, 7) is 21.3. The third kappa shape index (κ3) is 5.75. The molecule has 3 nitrogen and oxygen atoms in total. The summed E-state index contributed by atoms with van der Waals surface area (Å²) in [5.74, 6) is -0.705. The van der Waals surface area contributed by atoms with Gasteiger partial charge in [-0.3, -0.25) is 0 Å². The van der Waals surface area contributed by atoms with Crippen LogP contribution in [0.2, 0.25) is 0 Å². The molecule has 1 aromatic rings. The number of aromatic hydroxyl groups is 1. The summed E-state index contributed by atoms with van der Waals surface area (Å²) < 4.78 is 0. The molecule has 0 saturated carbocycles. The molecule has 0 heterocycles. The van der Waals surface area contributed by atoms with Gasteiger partial charge in [0, 0.05) is 11.1 Å². The summed E-state index contributed by atoms with van der Waals surface area (Å²) in [6, 6.07) is 3.31. The Labute approximate surface area is 159 Å². The largest absolute Gasteiger partial charge is 0.507 e. The molecule has 1 rings (SSSR count). The Bertz CT molecular complexity index is 619. The molecule has 26 heavy (non-hydrogen) atoms. The summed E-state index contributed by atoms with van der Waals surface area (Å²) in [5, 5.41) is 20.8. The number of benzene rings is 1. The molecular formula is C23H38O3. The molecule has 3 heteroatoms. The van der Waals surface area contributed by atoms with Crippen molar-refractivity contribution in [2.24, 2.45) is 10.8 Å². The average molecular weight is 363 g/mol. The van der Waals surface area contributed by atoms with E-state index in [9.17, 15) is 15.0 Å². The van der Waals surface area contributed by atoms with E-state index >= 15 is 0 Å². The Kier molecular flexibility index (Phi) is 5.98. The molecular weight excluding hydrogens is 324 g/mol. The summed E-state index contributed by atoms with van der Waals surface area (Å²) in [7, 11) is 0. The van der Waals surface area contributed by atoms with Crippen molar-refractivity contribution in [1.82, 2.24) is 0 Å². The highest BCUT2D eigenvalue weighted by Crippen LogP contribution is 2.46. The predicted octanol–water partition coefficient (Wildman–Crippen LogP) is 6.52. The normalized spacial score (nSPS) is 13.8. The third-order valence-electron chi connectivity index (χ3n) is 4.76. The number of phenolic OH excluding ortho intramolecular Hbond substituents is 1. The van der Waals surface area contributed by atoms with Crippen LogP contribution >= 0.6 is 0 Å². The molecule has 0 saturated heterocycles. The Balaban J connectivity index is 3.65. The molecule has 0 aliphatic carbocycles. The second-order valence-electron chi connectivity index (χ2n) is 11.5. The summed E-state index contributed by atoms with van der Waals surface area (Å²) >= 11 is 0. The molecule has 0 aliphatic heterocycles. The van der Waals surface area contributed by atoms with Crippen molar-refractivity contribution in [3.05, 3.63) is 28.8 Å². The lowest BCUT2D eigenvalue weighted by molar-refractivity contribution is 0.0696. The summed E-state index contributed by atoms with van der Waals surface area (Å²) in [5.41, 5.74) is 1.16. The number of carboxylic acid groups (broad SMARTS) is 1. The van der Waals surface area contributed by atoms with Crippen LogP contribution in [0.25, 0.3) is 0 Å².